The first-order valence-corrected chi connectivity index (χ1v) is 6.24. The molecule has 0 aromatic heterocycles. The second-order valence-corrected chi connectivity index (χ2v) is 4.73. The van der Waals surface area contributed by atoms with Crippen molar-refractivity contribution >= 4 is 11.9 Å². The van der Waals surface area contributed by atoms with Crippen LogP contribution in [0.4, 0.5) is 0 Å². The number of amides is 1. The van der Waals surface area contributed by atoms with Crippen molar-refractivity contribution in [3.8, 4) is 0 Å². The van der Waals surface area contributed by atoms with E-state index in [1.165, 1.54) is 11.0 Å². The summed E-state index contributed by atoms with van der Waals surface area (Å²) >= 11 is 0. The molecule has 19 heavy (non-hydrogen) atoms. The molecule has 1 rings (SSSR count). The van der Waals surface area contributed by atoms with Crippen molar-refractivity contribution < 1.29 is 23.8 Å². The molecule has 1 atom stereocenters. The highest BCUT2D eigenvalue weighted by Gasteiger charge is 2.31. The SMILES string of the molecule is CCOC(=O)CN(C)C(=O)C=C[C@H]1COC(C)(C)O1. The third-order valence-corrected chi connectivity index (χ3v) is 2.53. The van der Waals surface area contributed by atoms with Gasteiger partial charge in [-0.3, -0.25) is 9.59 Å². The first kappa shape index (κ1) is 15.7. The molecule has 6 heteroatoms. The molecule has 1 amide bonds. The maximum absolute atomic E-state index is 11.7. The molecule has 0 N–H and O–H groups in total. The van der Waals surface area contributed by atoms with Gasteiger partial charge in [-0.05, 0) is 26.8 Å². The number of esters is 1. The molecule has 0 aromatic rings. The zero-order valence-electron chi connectivity index (χ0n) is 11.8. The number of likely N-dealkylation sites (N-methyl/N-ethyl adjacent to an activating group) is 1. The molecule has 0 aliphatic carbocycles. The number of rotatable bonds is 5. The van der Waals surface area contributed by atoms with E-state index >= 15 is 0 Å². The third-order valence-electron chi connectivity index (χ3n) is 2.53. The Balaban J connectivity index is 2.40. The monoisotopic (exact) mass is 271 g/mol. The Kier molecular flexibility index (Phi) is 5.50. The average molecular weight is 271 g/mol. The van der Waals surface area contributed by atoms with Gasteiger partial charge >= 0.3 is 5.97 Å². The first-order chi connectivity index (χ1) is 8.84. The minimum Gasteiger partial charge on any atom is -0.465 e. The number of hydrogen-bond donors (Lipinski definition) is 0. The Morgan fingerprint density at radius 2 is 2.16 bits per heavy atom. The molecular weight excluding hydrogens is 250 g/mol. The van der Waals surface area contributed by atoms with E-state index in [0.717, 1.165) is 0 Å². The Bertz CT molecular complexity index is 364. The highest BCUT2D eigenvalue weighted by Crippen LogP contribution is 2.22. The van der Waals surface area contributed by atoms with E-state index < -0.39 is 11.8 Å². The van der Waals surface area contributed by atoms with E-state index in [1.807, 2.05) is 13.8 Å². The molecule has 0 aromatic carbocycles. The molecule has 0 spiro atoms. The molecule has 6 nitrogen and oxygen atoms in total. The summed E-state index contributed by atoms with van der Waals surface area (Å²) in [4.78, 5) is 24.2. The van der Waals surface area contributed by atoms with Crippen LogP contribution in [0.3, 0.4) is 0 Å². The maximum Gasteiger partial charge on any atom is 0.325 e. The van der Waals surface area contributed by atoms with Crippen LogP contribution in [0, 0.1) is 0 Å². The molecule has 0 unspecified atom stereocenters. The fourth-order valence-corrected chi connectivity index (χ4v) is 1.61. The van der Waals surface area contributed by atoms with E-state index in [4.69, 9.17) is 14.2 Å². The summed E-state index contributed by atoms with van der Waals surface area (Å²) in [6.07, 6.45) is 2.78. The van der Waals surface area contributed by atoms with Crippen molar-refractivity contribution in [2.45, 2.75) is 32.7 Å². The van der Waals surface area contributed by atoms with Crippen LogP contribution in [-0.4, -0.2) is 55.5 Å². The molecule has 0 bridgehead atoms. The predicted octanol–water partition coefficient (Wildman–Crippen LogP) is 0.716. The summed E-state index contributed by atoms with van der Waals surface area (Å²) in [6.45, 7) is 6.01. The van der Waals surface area contributed by atoms with Gasteiger partial charge in [0.1, 0.15) is 12.6 Å². The number of carbonyl (C=O) groups excluding carboxylic acids is 2. The lowest BCUT2D eigenvalue weighted by Crippen LogP contribution is -2.32. The predicted molar refractivity (Wildman–Crippen MR) is 68.3 cm³/mol. The van der Waals surface area contributed by atoms with Crippen molar-refractivity contribution in [1.82, 2.24) is 4.90 Å². The minimum atomic E-state index is -0.616. The van der Waals surface area contributed by atoms with Crippen molar-refractivity contribution in [2.75, 3.05) is 26.8 Å². The molecule has 1 saturated heterocycles. The van der Waals surface area contributed by atoms with E-state index in [0.29, 0.717) is 13.2 Å². The third kappa shape index (κ3) is 5.40. The zero-order chi connectivity index (χ0) is 14.5. The Morgan fingerprint density at radius 3 is 2.68 bits per heavy atom. The van der Waals surface area contributed by atoms with Gasteiger partial charge in [0.25, 0.3) is 0 Å². The van der Waals surface area contributed by atoms with E-state index in [2.05, 4.69) is 0 Å². The van der Waals surface area contributed by atoms with E-state index in [1.54, 1.807) is 20.0 Å². The zero-order valence-corrected chi connectivity index (χ0v) is 11.8. The fourth-order valence-electron chi connectivity index (χ4n) is 1.61. The van der Waals surface area contributed by atoms with Crippen molar-refractivity contribution in [3.63, 3.8) is 0 Å². The van der Waals surface area contributed by atoms with Gasteiger partial charge in [-0.15, -0.1) is 0 Å². The largest absolute Gasteiger partial charge is 0.465 e. The van der Waals surface area contributed by atoms with Gasteiger partial charge in [0.05, 0.1) is 13.2 Å². The van der Waals surface area contributed by atoms with Crippen LogP contribution in [0.5, 0.6) is 0 Å². The summed E-state index contributed by atoms with van der Waals surface area (Å²) in [5, 5.41) is 0. The second kappa shape index (κ2) is 6.68. The van der Waals surface area contributed by atoms with Gasteiger partial charge in [0.15, 0.2) is 5.79 Å². The standard InChI is InChI=1S/C13H21NO5/c1-5-17-12(16)8-14(4)11(15)7-6-10-9-18-13(2,3)19-10/h6-7,10H,5,8-9H2,1-4H3/t10-/m0/s1. The molecule has 1 aliphatic rings. The number of nitrogens with zero attached hydrogens (tertiary/aromatic N) is 1. The Labute approximate surface area is 113 Å². The fraction of sp³-hybridized carbons (Fsp3) is 0.692. The normalized spacial score (nSPS) is 21.6. The smallest absolute Gasteiger partial charge is 0.325 e. The maximum atomic E-state index is 11.7. The lowest BCUT2D eigenvalue weighted by atomic mass is 10.3. The quantitative estimate of drug-likeness (QED) is 0.544. The Morgan fingerprint density at radius 1 is 1.47 bits per heavy atom. The number of ether oxygens (including phenoxy) is 3. The lowest BCUT2D eigenvalue weighted by molar-refractivity contribution is -0.147. The van der Waals surface area contributed by atoms with Crippen LogP contribution in [0.2, 0.25) is 0 Å². The number of hydrogen-bond acceptors (Lipinski definition) is 5. The van der Waals surface area contributed by atoms with Crippen LogP contribution in [-0.2, 0) is 23.8 Å². The summed E-state index contributed by atoms with van der Waals surface area (Å²) in [5.74, 6) is -1.32. The average Bonchev–Trinajstić information content (AvgIpc) is 2.66. The summed E-state index contributed by atoms with van der Waals surface area (Å²) in [6, 6.07) is 0. The van der Waals surface area contributed by atoms with Crippen LogP contribution >= 0.6 is 0 Å². The van der Waals surface area contributed by atoms with Crippen LogP contribution in [0.25, 0.3) is 0 Å². The molecule has 0 radical (unpaired) electrons. The summed E-state index contributed by atoms with van der Waals surface area (Å²) < 4.78 is 15.7. The highest BCUT2D eigenvalue weighted by molar-refractivity contribution is 5.90. The van der Waals surface area contributed by atoms with Crippen molar-refractivity contribution in [2.24, 2.45) is 0 Å². The summed E-state index contributed by atoms with van der Waals surface area (Å²) in [5.41, 5.74) is 0. The molecule has 1 fully saturated rings. The molecule has 1 heterocycles. The van der Waals surface area contributed by atoms with Crippen LogP contribution < -0.4 is 0 Å². The molecule has 0 saturated carbocycles. The van der Waals surface area contributed by atoms with E-state index in [-0.39, 0.29) is 18.6 Å². The van der Waals surface area contributed by atoms with E-state index in [9.17, 15) is 9.59 Å². The van der Waals surface area contributed by atoms with Gasteiger partial charge < -0.3 is 19.1 Å². The van der Waals surface area contributed by atoms with Crippen molar-refractivity contribution in [1.29, 1.82) is 0 Å². The van der Waals surface area contributed by atoms with Gasteiger partial charge in [0.2, 0.25) is 5.91 Å². The van der Waals surface area contributed by atoms with Crippen molar-refractivity contribution in [3.05, 3.63) is 12.2 Å². The number of carbonyl (C=O) groups is 2. The molecule has 1 aliphatic heterocycles. The molecular formula is C13H21NO5. The van der Waals surface area contributed by atoms with Crippen LogP contribution in [0.1, 0.15) is 20.8 Å². The lowest BCUT2D eigenvalue weighted by Gasteiger charge is -2.16. The van der Waals surface area contributed by atoms with Gasteiger partial charge in [-0.1, -0.05) is 0 Å². The minimum absolute atomic E-state index is 0.0650. The van der Waals surface area contributed by atoms with Gasteiger partial charge in [-0.25, -0.2) is 0 Å². The van der Waals surface area contributed by atoms with Crippen LogP contribution in [0.15, 0.2) is 12.2 Å². The first-order valence-electron chi connectivity index (χ1n) is 6.24. The summed E-state index contributed by atoms with van der Waals surface area (Å²) in [7, 11) is 1.54. The second-order valence-electron chi connectivity index (χ2n) is 4.73. The topological polar surface area (TPSA) is 65.1 Å². The Hall–Kier alpha value is -1.40. The van der Waals surface area contributed by atoms with Gasteiger partial charge in [-0.2, -0.15) is 0 Å². The molecule has 108 valence electrons. The highest BCUT2D eigenvalue weighted by atomic mass is 16.7. The van der Waals surface area contributed by atoms with Gasteiger partial charge in [0, 0.05) is 13.1 Å².